The molecule has 1 aliphatic rings. The fourth-order valence-corrected chi connectivity index (χ4v) is 3.72. The molecule has 0 atom stereocenters. The first kappa shape index (κ1) is 20.7. The Morgan fingerprint density at radius 1 is 1.31 bits per heavy atom. The van der Waals surface area contributed by atoms with E-state index in [9.17, 15) is 14.4 Å². The summed E-state index contributed by atoms with van der Waals surface area (Å²) in [6.45, 7) is 3.12. The van der Waals surface area contributed by atoms with Gasteiger partial charge in [-0.15, -0.1) is 11.3 Å². The molecule has 0 spiro atoms. The van der Waals surface area contributed by atoms with Gasteiger partial charge < -0.3 is 24.6 Å². The van der Waals surface area contributed by atoms with E-state index in [4.69, 9.17) is 9.47 Å². The minimum atomic E-state index is -0.487. The lowest BCUT2D eigenvalue weighted by Crippen LogP contribution is -2.36. The summed E-state index contributed by atoms with van der Waals surface area (Å²) in [7, 11) is 3.04. The van der Waals surface area contributed by atoms with Gasteiger partial charge >= 0.3 is 12.0 Å². The summed E-state index contributed by atoms with van der Waals surface area (Å²) < 4.78 is 10.5. The molecule has 2 aromatic rings. The SMILES string of the molecule is COC(=O)c1sccc1NC(=O)N1CCOc2ccc(CN(C)C(C)=O)cc2C1. The van der Waals surface area contributed by atoms with E-state index in [2.05, 4.69) is 5.32 Å². The van der Waals surface area contributed by atoms with Crippen LogP contribution in [0.25, 0.3) is 0 Å². The lowest BCUT2D eigenvalue weighted by Gasteiger charge is -2.21. The van der Waals surface area contributed by atoms with Crippen LogP contribution in [0.5, 0.6) is 5.75 Å². The number of benzene rings is 1. The number of thiophene rings is 1. The average molecular weight is 417 g/mol. The van der Waals surface area contributed by atoms with Crippen LogP contribution >= 0.6 is 11.3 Å². The molecule has 0 aliphatic carbocycles. The van der Waals surface area contributed by atoms with Gasteiger partial charge in [0.2, 0.25) is 5.91 Å². The van der Waals surface area contributed by atoms with Crippen LogP contribution in [0.4, 0.5) is 10.5 Å². The molecule has 29 heavy (non-hydrogen) atoms. The van der Waals surface area contributed by atoms with Crippen LogP contribution < -0.4 is 10.1 Å². The summed E-state index contributed by atoms with van der Waals surface area (Å²) in [4.78, 5) is 39.7. The maximum absolute atomic E-state index is 12.8. The number of rotatable bonds is 4. The largest absolute Gasteiger partial charge is 0.491 e. The number of carbonyl (C=O) groups is 3. The van der Waals surface area contributed by atoms with Gasteiger partial charge in [-0.1, -0.05) is 6.07 Å². The number of urea groups is 1. The number of nitrogens with zero attached hydrogens (tertiary/aromatic N) is 2. The van der Waals surface area contributed by atoms with Gasteiger partial charge in [-0.05, 0) is 29.1 Å². The smallest absolute Gasteiger partial charge is 0.350 e. The van der Waals surface area contributed by atoms with E-state index >= 15 is 0 Å². The monoisotopic (exact) mass is 417 g/mol. The lowest BCUT2D eigenvalue weighted by atomic mass is 10.1. The molecule has 9 heteroatoms. The predicted molar refractivity (Wildman–Crippen MR) is 109 cm³/mol. The lowest BCUT2D eigenvalue weighted by molar-refractivity contribution is -0.128. The highest BCUT2D eigenvalue weighted by Crippen LogP contribution is 2.27. The highest BCUT2D eigenvalue weighted by Gasteiger charge is 2.23. The zero-order valence-electron chi connectivity index (χ0n) is 16.6. The van der Waals surface area contributed by atoms with E-state index in [0.29, 0.717) is 36.8 Å². The van der Waals surface area contributed by atoms with Gasteiger partial charge in [-0.2, -0.15) is 0 Å². The molecule has 1 aromatic carbocycles. The molecule has 8 nitrogen and oxygen atoms in total. The zero-order chi connectivity index (χ0) is 21.0. The first-order chi connectivity index (χ1) is 13.9. The molecule has 2 heterocycles. The highest BCUT2D eigenvalue weighted by atomic mass is 32.1. The molecule has 0 bridgehead atoms. The minimum absolute atomic E-state index is 0.0191. The molecule has 1 aromatic heterocycles. The molecular weight excluding hydrogens is 394 g/mol. The molecule has 0 saturated carbocycles. The fraction of sp³-hybridized carbons (Fsp3) is 0.350. The van der Waals surface area contributed by atoms with Gasteiger partial charge in [0.25, 0.3) is 0 Å². The number of fused-ring (bicyclic) bond motifs is 1. The van der Waals surface area contributed by atoms with Gasteiger partial charge in [0.15, 0.2) is 0 Å². The third-order valence-electron chi connectivity index (χ3n) is 4.63. The molecule has 3 amide bonds. The summed E-state index contributed by atoms with van der Waals surface area (Å²) in [5, 5.41) is 4.51. The van der Waals surface area contributed by atoms with Crippen molar-refractivity contribution < 1.29 is 23.9 Å². The number of esters is 1. The van der Waals surface area contributed by atoms with Crippen molar-refractivity contribution in [3.63, 3.8) is 0 Å². The van der Waals surface area contributed by atoms with Crippen molar-refractivity contribution in [1.82, 2.24) is 9.80 Å². The van der Waals surface area contributed by atoms with Crippen LogP contribution in [-0.4, -0.2) is 55.0 Å². The number of methoxy groups -OCH3 is 1. The van der Waals surface area contributed by atoms with Crippen molar-refractivity contribution in [3.8, 4) is 5.75 Å². The van der Waals surface area contributed by atoms with Gasteiger partial charge in [0.05, 0.1) is 25.9 Å². The van der Waals surface area contributed by atoms with Crippen molar-refractivity contribution in [2.75, 3.05) is 32.6 Å². The van der Waals surface area contributed by atoms with Crippen molar-refractivity contribution >= 4 is 34.9 Å². The molecule has 0 radical (unpaired) electrons. The summed E-state index contributed by atoms with van der Waals surface area (Å²) in [6.07, 6.45) is 0. The number of nitrogens with one attached hydrogen (secondary N) is 1. The Morgan fingerprint density at radius 3 is 2.83 bits per heavy atom. The van der Waals surface area contributed by atoms with E-state index in [0.717, 1.165) is 16.9 Å². The number of hydrogen-bond acceptors (Lipinski definition) is 6. The molecule has 1 N–H and O–H groups in total. The van der Waals surface area contributed by atoms with Crippen LogP contribution in [0.3, 0.4) is 0 Å². The molecule has 0 unspecified atom stereocenters. The second-order valence-electron chi connectivity index (χ2n) is 6.67. The normalized spacial score (nSPS) is 13.0. The third kappa shape index (κ3) is 4.86. The summed E-state index contributed by atoms with van der Waals surface area (Å²) >= 11 is 1.21. The first-order valence-corrected chi connectivity index (χ1v) is 9.95. The molecule has 0 saturated heterocycles. The third-order valence-corrected chi connectivity index (χ3v) is 5.52. The van der Waals surface area contributed by atoms with Gasteiger partial charge in [-0.25, -0.2) is 9.59 Å². The number of carbonyl (C=O) groups excluding carboxylic acids is 3. The Hall–Kier alpha value is -3.07. The standard InChI is InChI=1S/C20H23N3O5S/c1-13(24)22(2)11-14-4-5-17-15(10-14)12-23(7-8-28-17)20(26)21-16-6-9-29-18(16)19(25)27-3/h4-6,9-10H,7-8,11-12H2,1-3H3,(H,21,26). The van der Waals surface area contributed by atoms with Crippen LogP contribution in [0.1, 0.15) is 27.7 Å². The van der Waals surface area contributed by atoms with E-state index in [1.54, 1.807) is 28.3 Å². The summed E-state index contributed by atoms with van der Waals surface area (Å²) in [6, 6.07) is 7.09. The number of hydrogen-bond donors (Lipinski definition) is 1. The quantitative estimate of drug-likeness (QED) is 0.773. The minimum Gasteiger partial charge on any atom is -0.491 e. The van der Waals surface area contributed by atoms with Crippen LogP contribution in [0.2, 0.25) is 0 Å². The van der Waals surface area contributed by atoms with Crippen LogP contribution in [0, 0.1) is 0 Å². The second-order valence-corrected chi connectivity index (χ2v) is 7.59. The van der Waals surface area contributed by atoms with E-state index < -0.39 is 5.97 Å². The zero-order valence-corrected chi connectivity index (χ0v) is 17.4. The Bertz CT molecular complexity index is 927. The summed E-state index contributed by atoms with van der Waals surface area (Å²) in [5.74, 6) is 0.216. The Balaban J connectivity index is 1.74. The molecule has 1 aliphatic heterocycles. The Labute approximate surface area is 173 Å². The molecule has 0 fully saturated rings. The van der Waals surface area contributed by atoms with Gasteiger partial charge in [0, 0.05) is 26.1 Å². The van der Waals surface area contributed by atoms with Crippen molar-refractivity contribution in [1.29, 1.82) is 0 Å². The van der Waals surface area contributed by atoms with Crippen LogP contribution in [-0.2, 0) is 22.6 Å². The topological polar surface area (TPSA) is 88.2 Å². The van der Waals surface area contributed by atoms with Crippen molar-refractivity contribution in [2.24, 2.45) is 0 Å². The van der Waals surface area contributed by atoms with Crippen LogP contribution in [0.15, 0.2) is 29.6 Å². The van der Waals surface area contributed by atoms with Crippen molar-refractivity contribution in [2.45, 2.75) is 20.0 Å². The van der Waals surface area contributed by atoms with E-state index in [-0.39, 0.29) is 11.9 Å². The van der Waals surface area contributed by atoms with Gasteiger partial charge in [0.1, 0.15) is 17.2 Å². The number of anilines is 1. The summed E-state index contributed by atoms with van der Waals surface area (Å²) in [5.41, 5.74) is 2.25. The number of ether oxygens (including phenoxy) is 2. The van der Waals surface area contributed by atoms with E-state index in [1.165, 1.54) is 25.4 Å². The maximum atomic E-state index is 12.8. The number of amides is 3. The molecular formula is C20H23N3O5S. The predicted octanol–water partition coefficient (Wildman–Crippen LogP) is 2.94. The van der Waals surface area contributed by atoms with Gasteiger partial charge in [-0.3, -0.25) is 4.79 Å². The molecule has 154 valence electrons. The average Bonchev–Trinajstić information content (AvgIpc) is 3.04. The Kier molecular flexibility index (Phi) is 6.38. The highest BCUT2D eigenvalue weighted by molar-refractivity contribution is 7.12. The second kappa shape index (κ2) is 8.95. The first-order valence-electron chi connectivity index (χ1n) is 9.07. The maximum Gasteiger partial charge on any atom is 0.350 e. The Morgan fingerprint density at radius 2 is 2.10 bits per heavy atom. The van der Waals surface area contributed by atoms with E-state index in [1.807, 2.05) is 18.2 Å². The fourth-order valence-electron chi connectivity index (χ4n) is 2.96. The van der Waals surface area contributed by atoms with Crippen molar-refractivity contribution in [3.05, 3.63) is 45.6 Å². The molecule has 3 rings (SSSR count).